The zero-order chi connectivity index (χ0) is 18.0. The van der Waals surface area contributed by atoms with Crippen LogP contribution >= 0.6 is 0 Å². The minimum atomic E-state index is -0.779. The van der Waals surface area contributed by atoms with Crippen LogP contribution in [0.15, 0.2) is 12.1 Å². The van der Waals surface area contributed by atoms with Crippen LogP contribution in [0.3, 0.4) is 0 Å². The molecule has 1 aliphatic carbocycles. The van der Waals surface area contributed by atoms with Gasteiger partial charge in [0.25, 0.3) is 0 Å². The van der Waals surface area contributed by atoms with Crippen LogP contribution in [0.5, 0.6) is 11.5 Å². The topological polar surface area (TPSA) is 76.1 Å². The molecule has 0 radical (unpaired) electrons. The Labute approximate surface area is 147 Å². The molecule has 2 aliphatic rings. The van der Waals surface area contributed by atoms with Gasteiger partial charge in [-0.25, -0.2) is 0 Å². The van der Waals surface area contributed by atoms with E-state index in [0.29, 0.717) is 37.4 Å². The molecule has 2 unspecified atom stereocenters. The Kier molecular flexibility index (Phi) is 5.16. The van der Waals surface area contributed by atoms with Crippen LogP contribution < -0.4 is 9.47 Å². The number of nitrogens with zero attached hydrogens (tertiary/aromatic N) is 1. The molecular weight excluding hydrogens is 322 g/mol. The molecule has 1 amide bonds. The Hall–Kier alpha value is -2.24. The molecule has 136 valence electrons. The number of carbonyl (C=O) groups is 2. The second-order valence-corrected chi connectivity index (χ2v) is 6.88. The molecule has 6 nitrogen and oxygen atoms in total. The number of rotatable bonds is 4. The number of ether oxygens (including phenoxy) is 2. The van der Waals surface area contributed by atoms with Crippen molar-refractivity contribution in [1.82, 2.24) is 4.90 Å². The Morgan fingerprint density at radius 3 is 2.36 bits per heavy atom. The third-order valence-electron chi connectivity index (χ3n) is 5.40. The monoisotopic (exact) mass is 347 g/mol. The lowest BCUT2D eigenvalue weighted by molar-refractivity contribution is -0.145. The van der Waals surface area contributed by atoms with Crippen molar-refractivity contribution in [2.75, 3.05) is 20.8 Å². The first kappa shape index (κ1) is 17.6. The SMILES string of the molecule is COc1cc2c(cc1OC)CN(C(=O)C1CCCC(C(=O)O)C1)CC2. The average Bonchev–Trinajstić information content (AvgIpc) is 2.65. The second-order valence-electron chi connectivity index (χ2n) is 6.88. The standard InChI is InChI=1S/C19H25NO5/c1-24-16-9-12-6-7-20(11-15(12)10-17(16)25-2)18(21)13-4-3-5-14(8-13)19(22)23/h9-10,13-14H,3-8,11H2,1-2H3,(H,22,23). The molecular formula is C19H25NO5. The quantitative estimate of drug-likeness (QED) is 0.905. The van der Waals surface area contributed by atoms with Crippen molar-refractivity contribution in [1.29, 1.82) is 0 Å². The number of amides is 1. The molecule has 1 aromatic rings. The van der Waals surface area contributed by atoms with E-state index < -0.39 is 5.97 Å². The molecule has 2 atom stereocenters. The number of benzene rings is 1. The van der Waals surface area contributed by atoms with Gasteiger partial charge in [-0.15, -0.1) is 0 Å². The summed E-state index contributed by atoms with van der Waals surface area (Å²) in [6.07, 6.45) is 3.51. The summed E-state index contributed by atoms with van der Waals surface area (Å²) in [7, 11) is 3.22. The van der Waals surface area contributed by atoms with E-state index in [0.717, 1.165) is 24.8 Å². The molecule has 1 fully saturated rings. The van der Waals surface area contributed by atoms with Crippen molar-refractivity contribution >= 4 is 11.9 Å². The van der Waals surface area contributed by atoms with Crippen molar-refractivity contribution in [2.45, 2.75) is 38.6 Å². The molecule has 0 spiro atoms. The summed E-state index contributed by atoms with van der Waals surface area (Å²) in [5.41, 5.74) is 2.25. The van der Waals surface area contributed by atoms with E-state index in [1.807, 2.05) is 17.0 Å². The molecule has 25 heavy (non-hydrogen) atoms. The number of carbonyl (C=O) groups excluding carboxylic acids is 1. The van der Waals surface area contributed by atoms with E-state index in [1.54, 1.807) is 14.2 Å². The fraction of sp³-hybridized carbons (Fsp3) is 0.579. The summed E-state index contributed by atoms with van der Waals surface area (Å²) in [4.78, 5) is 26.0. The summed E-state index contributed by atoms with van der Waals surface area (Å²) < 4.78 is 10.7. The molecule has 3 rings (SSSR count). The first-order chi connectivity index (χ1) is 12.0. The van der Waals surface area contributed by atoms with Gasteiger partial charge in [-0.05, 0) is 48.9 Å². The van der Waals surface area contributed by atoms with Crippen molar-refractivity contribution in [2.24, 2.45) is 11.8 Å². The molecule has 0 bridgehead atoms. The van der Waals surface area contributed by atoms with E-state index in [4.69, 9.17) is 9.47 Å². The van der Waals surface area contributed by atoms with Gasteiger partial charge in [-0.1, -0.05) is 6.42 Å². The average molecular weight is 347 g/mol. The number of hydrogen-bond acceptors (Lipinski definition) is 4. The van der Waals surface area contributed by atoms with E-state index in [-0.39, 0.29) is 17.7 Å². The molecule has 1 heterocycles. The van der Waals surface area contributed by atoms with Gasteiger partial charge in [0, 0.05) is 19.0 Å². The first-order valence-electron chi connectivity index (χ1n) is 8.78. The summed E-state index contributed by atoms with van der Waals surface area (Å²) in [6.45, 7) is 1.21. The van der Waals surface area contributed by atoms with Crippen molar-refractivity contribution < 1.29 is 24.2 Å². The van der Waals surface area contributed by atoms with Crippen molar-refractivity contribution in [3.8, 4) is 11.5 Å². The summed E-state index contributed by atoms with van der Waals surface area (Å²) in [5, 5.41) is 9.23. The maximum Gasteiger partial charge on any atom is 0.306 e. The van der Waals surface area contributed by atoms with E-state index in [1.165, 1.54) is 5.56 Å². The Balaban J connectivity index is 1.73. The smallest absolute Gasteiger partial charge is 0.306 e. The number of hydrogen-bond donors (Lipinski definition) is 1. The molecule has 1 N–H and O–H groups in total. The van der Waals surface area contributed by atoms with E-state index in [2.05, 4.69) is 0 Å². The Morgan fingerprint density at radius 1 is 1.08 bits per heavy atom. The van der Waals surface area contributed by atoms with Crippen LogP contribution in [-0.2, 0) is 22.6 Å². The van der Waals surface area contributed by atoms with Gasteiger partial charge in [-0.2, -0.15) is 0 Å². The number of methoxy groups -OCH3 is 2. The molecule has 1 aromatic carbocycles. The summed E-state index contributed by atoms with van der Waals surface area (Å²) in [5.74, 6) is 0.127. The Bertz CT molecular complexity index is 672. The fourth-order valence-corrected chi connectivity index (χ4v) is 3.97. The molecule has 1 saturated carbocycles. The lowest BCUT2D eigenvalue weighted by Gasteiger charge is -2.34. The zero-order valence-electron chi connectivity index (χ0n) is 14.8. The number of aliphatic carboxylic acids is 1. The first-order valence-corrected chi connectivity index (χ1v) is 8.78. The van der Waals surface area contributed by atoms with Gasteiger partial charge in [0.15, 0.2) is 11.5 Å². The number of fused-ring (bicyclic) bond motifs is 1. The highest BCUT2D eigenvalue weighted by Gasteiger charge is 2.34. The van der Waals surface area contributed by atoms with Crippen LogP contribution in [0.1, 0.15) is 36.8 Å². The Morgan fingerprint density at radius 2 is 1.72 bits per heavy atom. The minimum absolute atomic E-state index is 0.0892. The van der Waals surface area contributed by atoms with Crippen LogP contribution in [0.25, 0.3) is 0 Å². The normalized spacial score (nSPS) is 22.9. The van der Waals surface area contributed by atoms with Gasteiger partial charge in [0.1, 0.15) is 0 Å². The predicted octanol–water partition coefficient (Wildman–Crippen LogP) is 2.48. The molecule has 6 heteroatoms. The lowest BCUT2D eigenvalue weighted by Crippen LogP contribution is -2.41. The third kappa shape index (κ3) is 3.57. The molecule has 0 saturated heterocycles. The number of carboxylic acids is 1. The highest BCUT2D eigenvalue weighted by Crippen LogP contribution is 2.35. The minimum Gasteiger partial charge on any atom is -0.493 e. The molecule has 1 aliphatic heterocycles. The molecule has 0 aromatic heterocycles. The van der Waals surface area contributed by atoms with Gasteiger partial charge >= 0.3 is 5.97 Å². The van der Waals surface area contributed by atoms with Crippen LogP contribution in [0.2, 0.25) is 0 Å². The fourth-order valence-electron chi connectivity index (χ4n) is 3.97. The number of carboxylic acid groups (broad SMARTS) is 1. The van der Waals surface area contributed by atoms with Gasteiger partial charge in [0.2, 0.25) is 5.91 Å². The van der Waals surface area contributed by atoms with E-state index in [9.17, 15) is 14.7 Å². The lowest BCUT2D eigenvalue weighted by atomic mass is 9.80. The highest BCUT2D eigenvalue weighted by molar-refractivity contribution is 5.80. The maximum absolute atomic E-state index is 12.9. The van der Waals surface area contributed by atoms with Gasteiger partial charge in [0.05, 0.1) is 20.1 Å². The highest BCUT2D eigenvalue weighted by atomic mass is 16.5. The second kappa shape index (κ2) is 7.33. The van der Waals surface area contributed by atoms with Gasteiger partial charge in [-0.3, -0.25) is 9.59 Å². The summed E-state index contributed by atoms with van der Waals surface area (Å²) in [6, 6.07) is 3.92. The van der Waals surface area contributed by atoms with E-state index >= 15 is 0 Å². The predicted molar refractivity (Wildman–Crippen MR) is 91.8 cm³/mol. The summed E-state index contributed by atoms with van der Waals surface area (Å²) >= 11 is 0. The van der Waals surface area contributed by atoms with Crippen LogP contribution in [0.4, 0.5) is 0 Å². The maximum atomic E-state index is 12.9. The van der Waals surface area contributed by atoms with Gasteiger partial charge < -0.3 is 19.5 Å². The third-order valence-corrected chi connectivity index (χ3v) is 5.40. The zero-order valence-corrected chi connectivity index (χ0v) is 14.8. The van der Waals surface area contributed by atoms with Crippen molar-refractivity contribution in [3.63, 3.8) is 0 Å². The van der Waals surface area contributed by atoms with Crippen LogP contribution in [-0.4, -0.2) is 42.6 Å². The largest absolute Gasteiger partial charge is 0.493 e. The van der Waals surface area contributed by atoms with Crippen LogP contribution in [0, 0.1) is 11.8 Å². The van der Waals surface area contributed by atoms with Crippen molar-refractivity contribution in [3.05, 3.63) is 23.3 Å².